The van der Waals surface area contributed by atoms with E-state index in [1.807, 2.05) is 6.08 Å². The number of rotatable bonds is 21. The average Bonchev–Trinajstić information content (AvgIpc) is 2.87. The van der Waals surface area contributed by atoms with E-state index in [2.05, 4.69) is 47.6 Å². The number of nitrogens with zero attached hydrogens (tertiary/aromatic N) is 2. The predicted molar refractivity (Wildman–Crippen MR) is 150 cm³/mol. The van der Waals surface area contributed by atoms with Gasteiger partial charge in [-0.15, -0.1) is 6.58 Å². The van der Waals surface area contributed by atoms with Crippen molar-refractivity contribution in [3.8, 4) is 5.75 Å². The maximum Gasteiger partial charge on any atom is 0.119 e. The third-order valence-electron chi connectivity index (χ3n) is 7.22. The van der Waals surface area contributed by atoms with Crippen LogP contribution in [0.2, 0.25) is 0 Å². The molecule has 0 bridgehead atoms. The average molecular weight is 471 g/mol. The summed E-state index contributed by atoms with van der Waals surface area (Å²) in [6.07, 6.45) is 23.7. The van der Waals surface area contributed by atoms with Gasteiger partial charge >= 0.3 is 0 Å². The first-order valence-corrected chi connectivity index (χ1v) is 14.6. The van der Waals surface area contributed by atoms with Gasteiger partial charge in [0.15, 0.2) is 0 Å². The molecule has 0 amide bonds. The van der Waals surface area contributed by atoms with Gasteiger partial charge in [0.1, 0.15) is 5.75 Å². The lowest BCUT2D eigenvalue weighted by atomic mass is 10.1. The van der Waals surface area contributed by atoms with Crippen LogP contribution in [0.3, 0.4) is 0 Å². The molecule has 34 heavy (non-hydrogen) atoms. The molecule has 1 aliphatic rings. The van der Waals surface area contributed by atoms with Crippen molar-refractivity contribution in [1.29, 1.82) is 0 Å². The molecular weight excluding hydrogens is 416 g/mol. The van der Waals surface area contributed by atoms with E-state index in [9.17, 15) is 0 Å². The summed E-state index contributed by atoms with van der Waals surface area (Å²) < 4.78 is 5.95. The van der Waals surface area contributed by atoms with Crippen LogP contribution in [0, 0.1) is 0 Å². The van der Waals surface area contributed by atoms with E-state index in [4.69, 9.17) is 4.74 Å². The molecule has 0 saturated carbocycles. The van der Waals surface area contributed by atoms with Crippen molar-refractivity contribution in [3.05, 3.63) is 36.9 Å². The standard InChI is InChI=1S/C31H54N2O/c1-3-5-7-9-11-12-13-14-16-18-24-32-25-27-33(28-26-32)30-20-22-31(23-21-30)34-29-19-17-15-10-8-6-4-2/h4,20-23H,2-3,5-19,24-29H2,1H3. The maximum absolute atomic E-state index is 5.95. The van der Waals surface area contributed by atoms with Gasteiger partial charge in [-0.3, -0.25) is 4.90 Å². The minimum Gasteiger partial charge on any atom is -0.494 e. The predicted octanol–water partition coefficient (Wildman–Crippen LogP) is 8.63. The third kappa shape index (κ3) is 13.4. The molecule has 3 nitrogen and oxygen atoms in total. The molecule has 1 fully saturated rings. The third-order valence-corrected chi connectivity index (χ3v) is 7.22. The van der Waals surface area contributed by atoms with Crippen molar-refractivity contribution in [3.63, 3.8) is 0 Å². The van der Waals surface area contributed by atoms with Crippen LogP contribution in [0.5, 0.6) is 5.75 Å². The molecule has 194 valence electrons. The zero-order valence-electron chi connectivity index (χ0n) is 22.5. The molecule has 0 unspecified atom stereocenters. The lowest BCUT2D eigenvalue weighted by molar-refractivity contribution is 0.252. The van der Waals surface area contributed by atoms with Gasteiger partial charge in [0.25, 0.3) is 0 Å². The van der Waals surface area contributed by atoms with Crippen LogP contribution >= 0.6 is 0 Å². The Morgan fingerprint density at radius 2 is 1.26 bits per heavy atom. The van der Waals surface area contributed by atoms with E-state index in [1.165, 1.54) is 115 Å². The fourth-order valence-corrected chi connectivity index (χ4v) is 4.92. The Kier molecular flexibility index (Phi) is 16.7. The molecule has 2 rings (SSSR count). The van der Waals surface area contributed by atoms with Gasteiger partial charge in [-0.25, -0.2) is 0 Å². The Balaban J connectivity index is 1.47. The van der Waals surface area contributed by atoms with E-state index >= 15 is 0 Å². The highest BCUT2D eigenvalue weighted by Crippen LogP contribution is 2.21. The van der Waals surface area contributed by atoms with Gasteiger partial charge in [0.05, 0.1) is 6.61 Å². The summed E-state index contributed by atoms with van der Waals surface area (Å²) in [4.78, 5) is 5.19. The molecular formula is C31H54N2O. The van der Waals surface area contributed by atoms with Crippen LogP contribution in [-0.4, -0.2) is 44.2 Å². The van der Waals surface area contributed by atoms with E-state index in [0.717, 1.165) is 38.3 Å². The Morgan fingerprint density at radius 1 is 0.706 bits per heavy atom. The Morgan fingerprint density at radius 3 is 1.88 bits per heavy atom. The van der Waals surface area contributed by atoms with Crippen LogP contribution in [0.15, 0.2) is 36.9 Å². The lowest BCUT2D eigenvalue weighted by Gasteiger charge is -2.36. The first-order valence-electron chi connectivity index (χ1n) is 14.6. The second-order valence-corrected chi connectivity index (χ2v) is 10.2. The summed E-state index contributed by atoms with van der Waals surface area (Å²) in [7, 11) is 0. The normalized spacial score (nSPS) is 14.4. The van der Waals surface area contributed by atoms with Crippen LogP contribution in [0.1, 0.15) is 110 Å². The number of unbranched alkanes of at least 4 members (excludes halogenated alkanes) is 14. The first kappa shape index (κ1) is 28.8. The van der Waals surface area contributed by atoms with Gasteiger partial charge in [-0.2, -0.15) is 0 Å². The van der Waals surface area contributed by atoms with Crippen LogP contribution in [-0.2, 0) is 0 Å². The largest absolute Gasteiger partial charge is 0.494 e. The second kappa shape index (κ2) is 19.8. The topological polar surface area (TPSA) is 15.7 Å². The minimum atomic E-state index is 0.832. The van der Waals surface area contributed by atoms with Gasteiger partial charge in [0, 0.05) is 31.9 Å². The summed E-state index contributed by atoms with van der Waals surface area (Å²) in [5, 5.41) is 0. The molecule has 1 aromatic rings. The van der Waals surface area contributed by atoms with Crippen LogP contribution in [0.25, 0.3) is 0 Å². The number of allylic oxidation sites excluding steroid dienone is 1. The summed E-state index contributed by atoms with van der Waals surface area (Å²) >= 11 is 0. The monoisotopic (exact) mass is 470 g/mol. The second-order valence-electron chi connectivity index (χ2n) is 10.2. The van der Waals surface area contributed by atoms with Gasteiger partial charge in [0.2, 0.25) is 0 Å². The van der Waals surface area contributed by atoms with Crippen molar-refractivity contribution < 1.29 is 4.74 Å². The van der Waals surface area contributed by atoms with Crippen molar-refractivity contribution in [2.75, 3.05) is 44.2 Å². The van der Waals surface area contributed by atoms with Crippen LogP contribution in [0.4, 0.5) is 5.69 Å². The number of ether oxygens (including phenoxy) is 1. The van der Waals surface area contributed by atoms with E-state index in [-0.39, 0.29) is 0 Å². The maximum atomic E-state index is 5.95. The minimum absolute atomic E-state index is 0.832. The molecule has 0 N–H and O–H groups in total. The molecule has 0 aliphatic carbocycles. The van der Waals surface area contributed by atoms with Crippen molar-refractivity contribution in [1.82, 2.24) is 4.90 Å². The SMILES string of the molecule is C=CCCCCCCCOc1ccc(N2CCN(CCCCCCCCCCCC)CC2)cc1. The summed E-state index contributed by atoms with van der Waals surface area (Å²) in [5.41, 5.74) is 1.34. The Hall–Kier alpha value is -1.48. The Bertz CT molecular complexity index is 592. The quantitative estimate of drug-likeness (QED) is 0.132. The van der Waals surface area contributed by atoms with Gasteiger partial charge in [-0.05, 0) is 56.5 Å². The van der Waals surface area contributed by atoms with Gasteiger partial charge < -0.3 is 9.64 Å². The van der Waals surface area contributed by atoms with E-state index < -0.39 is 0 Å². The summed E-state index contributed by atoms with van der Waals surface area (Å²) in [5.74, 6) is 1.01. The fourth-order valence-electron chi connectivity index (χ4n) is 4.92. The molecule has 1 heterocycles. The smallest absolute Gasteiger partial charge is 0.119 e. The molecule has 0 radical (unpaired) electrons. The molecule has 0 spiro atoms. The molecule has 1 aliphatic heterocycles. The van der Waals surface area contributed by atoms with E-state index in [0.29, 0.717) is 0 Å². The molecule has 0 atom stereocenters. The van der Waals surface area contributed by atoms with Crippen molar-refractivity contribution >= 4 is 5.69 Å². The van der Waals surface area contributed by atoms with E-state index in [1.54, 1.807) is 0 Å². The molecule has 1 aromatic carbocycles. The van der Waals surface area contributed by atoms with Gasteiger partial charge in [-0.1, -0.05) is 90.0 Å². The van der Waals surface area contributed by atoms with Crippen molar-refractivity contribution in [2.24, 2.45) is 0 Å². The number of benzene rings is 1. The molecule has 3 heteroatoms. The summed E-state index contributed by atoms with van der Waals surface area (Å²) in [6, 6.07) is 8.77. The number of anilines is 1. The van der Waals surface area contributed by atoms with Crippen molar-refractivity contribution in [2.45, 2.75) is 110 Å². The Labute approximate surface area is 211 Å². The zero-order chi connectivity index (χ0) is 24.1. The fraction of sp³-hybridized carbons (Fsp3) is 0.742. The first-order chi connectivity index (χ1) is 16.8. The number of piperazine rings is 1. The highest BCUT2D eigenvalue weighted by Gasteiger charge is 2.16. The highest BCUT2D eigenvalue weighted by molar-refractivity contribution is 5.49. The molecule has 0 aromatic heterocycles. The molecule has 1 saturated heterocycles. The number of hydrogen-bond acceptors (Lipinski definition) is 3. The summed E-state index contributed by atoms with van der Waals surface area (Å²) in [6.45, 7) is 12.9. The van der Waals surface area contributed by atoms with Crippen LogP contribution < -0.4 is 9.64 Å². The highest BCUT2D eigenvalue weighted by atomic mass is 16.5. The number of hydrogen-bond donors (Lipinski definition) is 0. The zero-order valence-corrected chi connectivity index (χ0v) is 22.5. The lowest BCUT2D eigenvalue weighted by Crippen LogP contribution is -2.46.